The van der Waals surface area contributed by atoms with E-state index in [0.717, 1.165) is 37.7 Å². The molecule has 166 valence electrons. The van der Waals surface area contributed by atoms with E-state index in [1.807, 2.05) is 35.2 Å². The molecule has 0 spiro atoms. The van der Waals surface area contributed by atoms with Crippen LogP contribution in [0.3, 0.4) is 0 Å². The lowest BCUT2D eigenvalue weighted by Crippen LogP contribution is -2.40. The predicted octanol–water partition coefficient (Wildman–Crippen LogP) is 2.99. The summed E-state index contributed by atoms with van der Waals surface area (Å²) in [5.74, 6) is 0.421. The van der Waals surface area contributed by atoms with Gasteiger partial charge in [0.1, 0.15) is 6.54 Å². The van der Waals surface area contributed by atoms with Gasteiger partial charge in [-0.2, -0.15) is 0 Å². The van der Waals surface area contributed by atoms with Crippen molar-refractivity contribution in [1.29, 1.82) is 0 Å². The maximum atomic E-state index is 12.5. The van der Waals surface area contributed by atoms with Crippen molar-refractivity contribution < 1.29 is 9.59 Å². The molecule has 1 fully saturated rings. The molecule has 1 aliphatic rings. The number of nitrogens with one attached hydrogen (secondary N) is 1. The zero-order chi connectivity index (χ0) is 22.3. The number of pyridine rings is 1. The molecule has 3 aromatic rings. The second kappa shape index (κ2) is 10.3. The van der Waals surface area contributed by atoms with E-state index in [1.165, 1.54) is 10.1 Å². The Morgan fingerprint density at radius 2 is 1.66 bits per heavy atom. The van der Waals surface area contributed by atoms with Gasteiger partial charge in [-0.25, -0.2) is 0 Å². The van der Waals surface area contributed by atoms with Gasteiger partial charge >= 0.3 is 0 Å². The van der Waals surface area contributed by atoms with E-state index in [-0.39, 0.29) is 36.9 Å². The quantitative estimate of drug-likeness (QED) is 0.625. The van der Waals surface area contributed by atoms with Crippen LogP contribution >= 0.6 is 0 Å². The fraction of sp³-hybridized carbons (Fsp3) is 0.346. The first-order valence-corrected chi connectivity index (χ1v) is 11.3. The van der Waals surface area contributed by atoms with Crippen molar-refractivity contribution in [2.75, 3.05) is 19.6 Å². The maximum absolute atomic E-state index is 12.5. The van der Waals surface area contributed by atoms with E-state index < -0.39 is 0 Å². The van der Waals surface area contributed by atoms with Gasteiger partial charge in [-0.15, -0.1) is 0 Å². The molecule has 0 aliphatic carbocycles. The molecule has 2 amide bonds. The summed E-state index contributed by atoms with van der Waals surface area (Å²) in [6.07, 6.45) is 5.00. The minimum Gasteiger partial charge on any atom is -0.354 e. The first-order chi connectivity index (χ1) is 15.6. The third-order valence-electron chi connectivity index (χ3n) is 6.20. The molecule has 6 heteroatoms. The normalized spacial score (nSPS) is 14.4. The molecule has 4 rings (SSSR count). The molecule has 0 bridgehead atoms. The second-order valence-electron chi connectivity index (χ2n) is 8.45. The Labute approximate surface area is 187 Å². The van der Waals surface area contributed by atoms with Gasteiger partial charge in [0.2, 0.25) is 11.8 Å². The Kier molecular flexibility index (Phi) is 7.00. The van der Waals surface area contributed by atoms with Gasteiger partial charge < -0.3 is 14.8 Å². The number of benzene rings is 2. The molecule has 1 N–H and O–H groups in total. The highest BCUT2D eigenvalue weighted by Crippen LogP contribution is 2.22. The number of aromatic nitrogens is 1. The highest BCUT2D eigenvalue weighted by Gasteiger charge is 2.22. The molecule has 2 heterocycles. The number of rotatable bonds is 7. The van der Waals surface area contributed by atoms with E-state index in [2.05, 4.69) is 29.6 Å². The monoisotopic (exact) mass is 431 g/mol. The predicted molar refractivity (Wildman–Crippen MR) is 125 cm³/mol. The van der Waals surface area contributed by atoms with Crippen LogP contribution in [0.4, 0.5) is 0 Å². The van der Waals surface area contributed by atoms with Crippen molar-refractivity contribution in [3.8, 4) is 0 Å². The minimum absolute atomic E-state index is 0.0528. The number of carbonyl (C=O) groups excluding carboxylic acids is 2. The molecule has 1 saturated heterocycles. The van der Waals surface area contributed by atoms with Crippen LogP contribution in [0.25, 0.3) is 10.8 Å². The molecule has 2 aromatic carbocycles. The van der Waals surface area contributed by atoms with Crippen LogP contribution < -0.4 is 10.9 Å². The Morgan fingerprint density at radius 1 is 0.938 bits per heavy atom. The number of fused-ring (bicyclic) bond motifs is 1. The van der Waals surface area contributed by atoms with Gasteiger partial charge in [0.15, 0.2) is 0 Å². The Balaban J connectivity index is 1.19. The highest BCUT2D eigenvalue weighted by atomic mass is 16.2. The number of nitrogens with zero attached hydrogens (tertiary/aromatic N) is 2. The van der Waals surface area contributed by atoms with Crippen LogP contribution in [0.15, 0.2) is 71.7 Å². The topological polar surface area (TPSA) is 71.4 Å². The average Bonchev–Trinajstić information content (AvgIpc) is 2.82. The van der Waals surface area contributed by atoms with E-state index in [0.29, 0.717) is 11.3 Å². The first-order valence-electron chi connectivity index (χ1n) is 11.3. The smallest absolute Gasteiger partial charge is 0.258 e. The lowest BCUT2D eigenvalue weighted by molar-refractivity contribution is -0.132. The molecular formula is C26H29N3O3. The molecule has 1 aliphatic heterocycles. The summed E-state index contributed by atoms with van der Waals surface area (Å²) in [6.45, 7) is 1.78. The summed E-state index contributed by atoms with van der Waals surface area (Å²) >= 11 is 0. The summed E-state index contributed by atoms with van der Waals surface area (Å²) in [6, 6.07) is 19.6. The second-order valence-corrected chi connectivity index (χ2v) is 8.45. The number of hydrogen-bond donors (Lipinski definition) is 1. The molecule has 6 nitrogen and oxygen atoms in total. The summed E-state index contributed by atoms with van der Waals surface area (Å²) in [7, 11) is 0. The number of likely N-dealkylation sites (tertiary alicyclic amines) is 1. The van der Waals surface area contributed by atoms with Crippen LogP contribution in [0.1, 0.15) is 24.8 Å². The lowest BCUT2D eigenvalue weighted by Gasteiger charge is -2.32. The molecule has 0 saturated carbocycles. The summed E-state index contributed by atoms with van der Waals surface area (Å²) in [5.41, 5.74) is 1.17. The number of hydrogen-bond acceptors (Lipinski definition) is 3. The van der Waals surface area contributed by atoms with E-state index >= 15 is 0 Å². The van der Waals surface area contributed by atoms with Crippen LogP contribution in [0, 0.1) is 5.92 Å². The molecule has 0 atom stereocenters. The number of amides is 2. The van der Waals surface area contributed by atoms with Crippen molar-refractivity contribution in [3.63, 3.8) is 0 Å². The summed E-state index contributed by atoms with van der Waals surface area (Å²) in [5, 5.41) is 4.22. The minimum atomic E-state index is -0.267. The van der Waals surface area contributed by atoms with E-state index in [4.69, 9.17) is 0 Å². The molecule has 0 radical (unpaired) electrons. The third kappa shape index (κ3) is 5.44. The van der Waals surface area contributed by atoms with Gasteiger partial charge in [0.05, 0.1) is 0 Å². The third-order valence-corrected chi connectivity index (χ3v) is 6.20. The highest BCUT2D eigenvalue weighted by molar-refractivity contribution is 5.82. The number of carbonyl (C=O) groups is 2. The van der Waals surface area contributed by atoms with Crippen molar-refractivity contribution in [2.45, 2.75) is 32.2 Å². The van der Waals surface area contributed by atoms with Crippen LogP contribution in [0.5, 0.6) is 0 Å². The van der Waals surface area contributed by atoms with Crippen LogP contribution in [0.2, 0.25) is 0 Å². The Morgan fingerprint density at radius 3 is 2.44 bits per heavy atom. The van der Waals surface area contributed by atoms with Crippen molar-refractivity contribution in [2.24, 2.45) is 5.92 Å². The van der Waals surface area contributed by atoms with Gasteiger partial charge in [0.25, 0.3) is 5.56 Å². The van der Waals surface area contributed by atoms with Crippen molar-refractivity contribution >= 4 is 22.6 Å². The SMILES string of the molecule is O=C(Cn1ccc2ccccc2c1=O)NCCC(=O)N1CCC(Cc2ccccc2)CC1. The van der Waals surface area contributed by atoms with Crippen LogP contribution in [-0.2, 0) is 22.6 Å². The summed E-state index contributed by atoms with van der Waals surface area (Å²) < 4.78 is 1.40. The zero-order valence-electron chi connectivity index (χ0n) is 18.2. The maximum Gasteiger partial charge on any atom is 0.258 e. The Hall–Kier alpha value is -3.41. The molecule has 32 heavy (non-hydrogen) atoms. The van der Waals surface area contributed by atoms with Gasteiger partial charge in [0, 0.05) is 37.6 Å². The van der Waals surface area contributed by atoms with Gasteiger partial charge in [-0.3, -0.25) is 14.4 Å². The standard InChI is InChI=1S/C26H29N3O3/c30-24(19-29-17-13-22-8-4-5-9-23(22)26(29)32)27-14-10-25(31)28-15-11-21(12-16-28)18-20-6-2-1-3-7-20/h1-9,13,17,21H,10-12,14-16,18-19H2,(H,27,30). The molecule has 1 aromatic heterocycles. The number of piperidine rings is 1. The van der Waals surface area contributed by atoms with E-state index in [1.54, 1.807) is 12.3 Å². The van der Waals surface area contributed by atoms with E-state index in [9.17, 15) is 14.4 Å². The van der Waals surface area contributed by atoms with Gasteiger partial charge in [-0.05, 0) is 48.3 Å². The average molecular weight is 432 g/mol. The zero-order valence-corrected chi connectivity index (χ0v) is 18.2. The van der Waals surface area contributed by atoms with Crippen molar-refractivity contribution in [3.05, 3.63) is 82.8 Å². The molecular weight excluding hydrogens is 402 g/mol. The molecule has 0 unspecified atom stereocenters. The van der Waals surface area contributed by atoms with Gasteiger partial charge in [-0.1, -0.05) is 48.5 Å². The fourth-order valence-electron chi connectivity index (χ4n) is 4.37. The van der Waals surface area contributed by atoms with Crippen molar-refractivity contribution in [1.82, 2.24) is 14.8 Å². The largest absolute Gasteiger partial charge is 0.354 e. The van der Waals surface area contributed by atoms with Crippen LogP contribution in [-0.4, -0.2) is 40.9 Å². The lowest BCUT2D eigenvalue weighted by atomic mass is 9.90. The fourth-order valence-corrected chi connectivity index (χ4v) is 4.37. The Bertz CT molecular complexity index is 1130. The first kappa shape index (κ1) is 21.8. The summed E-state index contributed by atoms with van der Waals surface area (Å²) in [4.78, 5) is 39.2.